The molecule has 0 atom stereocenters. The summed E-state index contributed by atoms with van der Waals surface area (Å²) in [5.41, 5.74) is 34.1. The van der Waals surface area contributed by atoms with E-state index in [1.54, 1.807) is 0 Å². The van der Waals surface area contributed by atoms with Crippen LogP contribution in [0, 0.1) is 0 Å². The Hall–Kier alpha value is -18.6. The van der Waals surface area contributed by atoms with E-state index in [1.807, 2.05) is 0 Å². The minimum atomic E-state index is -0.584. The van der Waals surface area contributed by atoms with Crippen molar-refractivity contribution in [3.05, 3.63) is 568 Å². The van der Waals surface area contributed by atoms with Crippen molar-refractivity contribution < 1.29 is 0 Å². The summed E-state index contributed by atoms with van der Waals surface area (Å²) in [5, 5.41) is 10.9. The van der Waals surface area contributed by atoms with Crippen LogP contribution in [0.1, 0.15) is 22.3 Å². The van der Waals surface area contributed by atoms with Gasteiger partial charge in [-0.1, -0.05) is 461 Å². The number of aromatic nitrogens is 4. The predicted octanol–water partition coefficient (Wildman–Crippen LogP) is 35.8. The first-order valence-electron chi connectivity index (χ1n) is 48.2. The van der Waals surface area contributed by atoms with E-state index in [1.165, 1.54) is 33.4 Å². The van der Waals surface area contributed by atoms with Crippen LogP contribution in [0.5, 0.6) is 0 Å². The molecule has 26 rings (SSSR count). The largest absolute Gasteiger partial charge is 0.278 e. The molecule has 141 heavy (non-hydrogen) atoms. The number of anilines is 6. The molecule has 0 fully saturated rings. The Bertz CT molecular complexity index is 8850. The number of hydrogen-bond acceptors (Lipinski definition) is 6. The summed E-state index contributed by atoms with van der Waals surface area (Å²) in [4.78, 5) is 27.9. The normalized spacial score (nSPS) is 11.9. The Morgan fingerprint density at radius 2 is 0.560 bits per heavy atom. The van der Waals surface area contributed by atoms with Crippen LogP contribution in [0.2, 0.25) is 0 Å². The quantitative estimate of drug-likeness (QED) is 0.0630. The Morgan fingerprint density at radius 3 is 1.13 bits per heavy atom. The molecule has 0 spiro atoms. The van der Waals surface area contributed by atoms with Gasteiger partial charge < -0.3 is 0 Å². The summed E-state index contributed by atoms with van der Waals surface area (Å²) in [6.07, 6.45) is 0. The molecule has 1 aliphatic carbocycles. The molecule has 2 aromatic heterocycles. The Labute approximate surface area is 819 Å². The van der Waals surface area contributed by atoms with Gasteiger partial charge in [-0.15, -0.1) is 0 Å². The predicted molar refractivity (Wildman–Crippen MR) is 590 cm³/mol. The zero-order valence-electron chi connectivity index (χ0n) is 77.1. The van der Waals surface area contributed by atoms with E-state index in [2.05, 4.69) is 556 Å². The second-order valence-corrected chi connectivity index (χ2v) is 36.2. The van der Waals surface area contributed by atoms with Crippen molar-refractivity contribution in [1.29, 1.82) is 0 Å². The highest BCUT2D eigenvalue weighted by molar-refractivity contribution is 6.13. The second kappa shape index (κ2) is 36.5. The van der Waals surface area contributed by atoms with Crippen LogP contribution in [0.25, 0.3) is 188 Å². The minimum absolute atomic E-state index is 0.571. The smallest absolute Gasteiger partial charge is 0.235 e. The van der Waals surface area contributed by atoms with Gasteiger partial charge in [0.2, 0.25) is 11.9 Å². The number of nitrogens with zero attached hydrogens (tertiary/aromatic N) is 6. The van der Waals surface area contributed by atoms with Crippen LogP contribution in [-0.2, 0) is 5.41 Å². The maximum absolute atomic E-state index is 5.92. The summed E-state index contributed by atoms with van der Waals surface area (Å²) in [6, 6.07) is 197. The standard InChI is InChI=1S/C71H47N3.C64H43N3/c1-6-22-48(23-7-1)52-40-44-67(63(46-52)50-26-10-3-11-27-50)74(66-45-43-56(49-24-8-2-9-25-49)58-34-18-19-36-61(58)66)70-72-68(62-42-38-51-28-16-17-33-57(51)69(62)73-70)53-39-41-60-59-35-20-21-37-64(59)71(65(60)47-53,54-29-12-4-13-30-54)55-31-14-5-15-32-55;1-6-20-44(21-7-1)53-36-54(45-22-8-2-9-23-45)38-56(37-53)62-60-40-51-32-18-19-33-52(51)43-61(60)65-64(66-62)67(57-35-34-47-26-16-17-31-50(47)39-57)63-58(48-27-12-4-13-28-48)41-55(46-24-10-3-11-25-46)42-59(63)49-29-14-5-15-30-49/h1-47H;1-43H. The average molecular weight is 1800 g/mol. The van der Waals surface area contributed by atoms with Gasteiger partial charge in [0.15, 0.2) is 0 Å². The Morgan fingerprint density at radius 1 is 0.170 bits per heavy atom. The third-order valence-electron chi connectivity index (χ3n) is 27.9. The lowest BCUT2D eigenvalue weighted by Gasteiger charge is -2.34. The second-order valence-electron chi connectivity index (χ2n) is 36.2. The Kier molecular flexibility index (Phi) is 21.8. The van der Waals surface area contributed by atoms with Gasteiger partial charge in [-0.05, 0) is 223 Å². The maximum Gasteiger partial charge on any atom is 0.235 e. The van der Waals surface area contributed by atoms with E-state index in [-0.39, 0.29) is 0 Å². The molecule has 6 heteroatoms. The third-order valence-corrected chi connectivity index (χ3v) is 27.9. The van der Waals surface area contributed by atoms with Crippen LogP contribution in [0.3, 0.4) is 0 Å². The highest BCUT2D eigenvalue weighted by Crippen LogP contribution is 2.59. The average Bonchev–Trinajstić information content (AvgIpc) is 1.54. The first-order valence-corrected chi connectivity index (χ1v) is 48.2. The highest BCUT2D eigenvalue weighted by atomic mass is 15.3. The molecular weight excluding hydrogens is 1710 g/mol. The molecule has 0 amide bonds. The van der Waals surface area contributed by atoms with Crippen molar-refractivity contribution in [1.82, 2.24) is 19.9 Å². The van der Waals surface area contributed by atoms with Crippen LogP contribution in [0.4, 0.5) is 34.6 Å². The molecule has 0 unspecified atom stereocenters. The molecule has 0 N–H and O–H groups in total. The third kappa shape index (κ3) is 15.6. The lowest BCUT2D eigenvalue weighted by atomic mass is 9.67. The zero-order chi connectivity index (χ0) is 93.5. The Balaban J connectivity index is 0.000000149. The zero-order valence-corrected chi connectivity index (χ0v) is 77.1. The minimum Gasteiger partial charge on any atom is -0.278 e. The van der Waals surface area contributed by atoms with Gasteiger partial charge >= 0.3 is 0 Å². The van der Waals surface area contributed by atoms with Gasteiger partial charge in [0, 0.05) is 55.0 Å². The van der Waals surface area contributed by atoms with Gasteiger partial charge in [-0.25, -0.2) is 19.9 Å². The molecular formula is C135H90N6. The van der Waals surface area contributed by atoms with Gasteiger partial charge in [0.05, 0.1) is 44.9 Å². The molecule has 0 saturated heterocycles. The fraction of sp³-hybridized carbons (Fsp3) is 0.00741. The van der Waals surface area contributed by atoms with Crippen molar-refractivity contribution in [2.75, 3.05) is 9.80 Å². The number of fused-ring (bicyclic) bond motifs is 10. The van der Waals surface area contributed by atoms with E-state index in [9.17, 15) is 0 Å². The topological polar surface area (TPSA) is 58.0 Å². The van der Waals surface area contributed by atoms with Crippen molar-refractivity contribution in [3.8, 4) is 123 Å². The van der Waals surface area contributed by atoms with E-state index < -0.39 is 5.41 Å². The van der Waals surface area contributed by atoms with Crippen LogP contribution >= 0.6 is 0 Å². The fourth-order valence-corrected chi connectivity index (χ4v) is 21.3. The molecule has 2 heterocycles. The van der Waals surface area contributed by atoms with Crippen molar-refractivity contribution in [2.45, 2.75) is 5.41 Å². The molecule has 0 aliphatic heterocycles. The van der Waals surface area contributed by atoms with Crippen molar-refractivity contribution in [3.63, 3.8) is 0 Å². The molecule has 0 bridgehead atoms. The summed E-state index contributed by atoms with van der Waals surface area (Å²) in [6.45, 7) is 0. The van der Waals surface area contributed by atoms with E-state index in [4.69, 9.17) is 19.9 Å². The lowest BCUT2D eigenvalue weighted by molar-refractivity contribution is 0.768. The van der Waals surface area contributed by atoms with Gasteiger partial charge in [-0.3, -0.25) is 9.80 Å². The molecule has 25 aromatic rings. The SMILES string of the molecule is c1ccc(-c2cc(-c3ccccc3)cc(-c3nc(N(c4ccc5ccccc5c4)c4c(-c5ccccc5)cc(-c5ccccc5)cc4-c4ccccc4)nc4cc5ccccc5cc34)c2)cc1.c1ccc(-c2ccc(N(c3nc(-c4ccc5c(c4)C(c4ccccc4)(c4ccccc4)c4ccccc4-5)c4ccc5ccccc5c4n3)c3ccc(-c4ccccc4)c4ccccc34)c(-c3ccccc3)c2)cc1. The van der Waals surface area contributed by atoms with Crippen LogP contribution in [0.15, 0.2) is 546 Å². The van der Waals surface area contributed by atoms with Gasteiger partial charge in [0.1, 0.15) is 0 Å². The van der Waals surface area contributed by atoms with E-state index in [0.29, 0.717) is 11.9 Å². The lowest BCUT2D eigenvalue weighted by Crippen LogP contribution is -2.28. The van der Waals surface area contributed by atoms with Gasteiger partial charge in [0.25, 0.3) is 0 Å². The first kappa shape index (κ1) is 84.1. The molecule has 6 nitrogen and oxygen atoms in total. The maximum atomic E-state index is 5.92. The van der Waals surface area contributed by atoms with Crippen LogP contribution in [-0.4, -0.2) is 19.9 Å². The monoisotopic (exact) mass is 1790 g/mol. The molecule has 1 aliphatic rings. The van der Waals surface area contributed by atoms with E-state index in [0.717, 1.165) is 199 Å². The summed E-state index contributed by atoms with van der Waals surface area (Å²) >= 11 is 0. The number of hydrogen-bond donors (Lipinski definition) is 0. The molecule has 660 valence electrons. The van der Waals surface area contributed by atoms with Crippen molar-refractivity contribution >= 4 is 99.5 Å². The summed E-state index contributed by atoms with van der Waals surface area (Å²) < 4.78 is 0. The number of rotatable bonds is 18. The summed E-state index contributed by atoms with van der Waals surface area (Å²) in [7, 11) is 0. The molecule has 0 saturated carbocycles. The van der Waals surface area contributed by atoms with E-state index >= 15 is 0 Å². The molecule has 23 aromatic carbocycles. The van der Waals surface area contributed by atoms with Crippen molar-refractivity contribution in [2.24, 2.45) is 0 Å². The molecule has 0 radical (unpaired) electrons. The van der Waals surface area contributed by atoms with Crippen LogP contribution < -0.4 is 9.80 Å². The fourth-order valence-electron chi connectivity index (χ4n) is 21.3. The summed E-state index contributed by atoms with van der Waals surface area (Å²) in [5.74, 6) is 1.15. The highest BCUT2D eigenvalue weighted by Gasteiger charge is 2.46. The van der Waals surface area contributed by atoms with Gasteiger partial charge in [-0.2, -0.15) is 0 Å². The first-order chi connectivity index (χ1) is 69.9. The number of benzene rings is 23.